The highest BCUT2D eigenvalue weighted by molar-refractivity contribution is 5.94. The van der Waals surface area contributed by atoms with Gasteiger partial charge in [0.15, 0.2) is 6.79 Å². The molecule has 1 heterocycles. The predicted molar refractivity (Wildman–Crippen MR) is 88.7 cm³/mol. The van der Waals surface area contributed by atoms with Crippen LogP contribution in [0.5, 0.6) is 11.5 Å². The van der Waals surface area contributed by atoms with Gasteiger partial charge < -0.3 is 19.5 Å². The molecule has 0 aromatic heterocycles. The van der Waals surface area contributed by atoms with Crippen LogP contribution in [0.2, 0.25) is 0 Å². The lowest BCUT2D eigenvalue weighted by atomic mass is 10.0. The maximum absolute atomic E-state index is 13.8. The van der Waals surface area contributed by atoms with Crippen LogP contribution in [0.15, 0.2) is 30.3 Å². The minimum Gasteiger partial charge on any atom is -0.495 e. The van der Waals surface area contributed by atoms with Gasteiger partial charge in [-0.25, -0.2) is 4.39 Å². The van der Waals surface area contributed by atoms with Crippen LogP contribution in [0.3, 0.4) is 0 Å². The van der Waals surface area contributed by atoms with E-state index in [1.807, 2.05) is 0 Å². The van der Waals surface area contributed by atoms with E-state index in [0.717, 1.165) is 0 Å². The lowest BCUT2D eigenvalue weighted by molar-refractivity contribution is -0.384. The quantitative estimate of drug-likeness (QED) is 0.648. The summed E-state index contributed by atoms with van der Waals surface area (Å²) in [5, 5.41) is 13.5. The molecule has 26 heavy (non-hydrogen) atoms. The molecular weight excluding hydrogens is 347 g/mol. The number of carbonyl (C=O) groups excluding carboxylic acids is 1. The van der Waals surface area contributed by atoms with Crippen LogP contribution in [0.4, 0.5) is 15.8 Å². The highest BCUT2D eigenvalue weighted by atomic mass is 19.1. The fourth-order valence-corrected chi connectivity index (χ4v) is 2.66. The molecule has 0 fully saturated rings. The summed E-state index contributed by atoms with van der Waals surface area (Å²) < 4.78 is 29.3. The van der Waals surface area contributed by atoms with Crippen molar-refractivity contribution in [1.82, 2.24) is 0 Å². The van der Waals surface area contributed by atoms with Crippen LogP contribution >= 0.6 is 0 Å². The number of hydrogen-bond acceptors (Lipinski definition) is 6. The van der Waals surface area contributed by atoms with Gasteiger partial charge in [0.05, 0.1) is 30.7 Å². The summed E-state index contributed by atoms with van der Waals surface area (Å²) in [7, 11) is 1.38. The third-order valence-electron chi connectivity index (χ3n) is 3.77. The molecule has 0 atom stereocenters. The summed E-state index contributed by atoms with van der Waals surface area (Å²) in [5.41, 5.74) is 0.850. The van der Waals surface area contributed by atoms with Gasteiger partial charge in [0.2, 0.25) is 5.91 Å². The van der Waals surface area contributed by atoms with Crippen molar-refractivity contribution in [2.45, 2.75) is 13.0 Å². The molecule has 2 aromatic carbocycles. The fraction of sp³-hybridized carbons (Fsp3) is 0.235. The SMILES string of the molecule is COc1ccc([N+](=O)[O-])cc1NC(=O)Cc1cc(F)cc2c1OCOC2. The summed E-state index contributed by atoms with van der Waals surface area (Å²) in [4.78, 5) is 22.7. The third kappa shape index (κ3) is 3.72. The molecule has 1 amide bonds. The average Bonchev–Trinajstić information content (AvgIpc) is 2.61. The maximum Gasteiger partial charge on any atom is 0.271 e. The van der Waals surface area contributed by atoms with Crippen LogP contribution in [-0.2, 0) is 22.6 Å². The van der Waals surface area contributed by atoms with E-state index in [-0.39, 0.29) is 36.9 Å². The van der Waals surface area contributed by atoms with Crippen LogP contribution in [0, 0.1) is 15.9 Å². The number of carbonyl (C=O) groups is 1. The number of methoxy groups -OCH3 is 1. The van der Waals surface area contributed by atoms with Crippen molar-refractivity contribution < 1.29 is 28.3 Å². The van der Waals surface area contributed by atoms with Gasteiger partial charge in [-0.1, -0.05) is 0 Å². The Labute approximate surface area is 147 Å². The van der Waals surface area contributed by atoms with Crippen LogP contribution < -0.4 is 14.8 Å². The number of ether oxygens (including phenoxy) is 3. The minimum absolute atomic E-state index is 0.0198. The number of nitrogens with zero attached hydrogens (tertiary/aromatic N) is 1. The molecule has 3 rings (SSSR count). The van der Waals surface area contributed by atoms with Gasteiger partial charge in [-0.15, -0.1) is 0 Å². The van der Waals surface area contributed by atoms with E-state index in [2.05, 4.69) is 5.32 Å². The number of halogens is 1. The number of nitro groups is 1. The first-order valence-corrected chi connectivity index (χ1v) is 7.62. The van der Waals surface area contributed by atoms with Crippen LogP contribution in [0.25, 0.3) is 0 Å². The molecule has 136 valence electrons. The van der Waals surface area contributed by atoms with Gasteiger partial charge in [0.1, 0.15) is 17.3 Å². The first-order chi connectivity index (χ1) is 12.5. The monoisotopic (exact) mass is 362 g/mol. The lowest BCUT2D eigenvalue weighted by Gasteiger charge is -2.20. The highest BCUT2D eigenvalue weighted by Crippen LogP contribution is 2.31. The molecule has 0 bridgehead atoms. The number of fused-ring (bicyclic) bond motifs is 1. The van der Waals surface area contributed by atoms with Crippen molar-refractivity contribution >= 4 is 17.3 Å². The zero-order valence-corrected chi connectivity index (χ0v) is 13.8. The number of benzene rings is 2. The van der Waals surface area contributed by atoms with Gasteiger partial charge in [-0.3, -0.25) is 14.9 Å². The summed E-state index contributed by atoms with van der Waals surface area (Å²) in [6.07, 6.45) is -0.175. The van der Waals surface area contributed by atoms with Crippen molar-refractivity contribution in [2.75, 3.05) is 19.2 Å². The van der Waals surface area contributed by atoms with Gasteiger partial charge >= 0.3 is 0 Å². The van der Waals surface area contributed by atoms with Gasteiger partial charge in [0, 0.05) is 23.3 Å². The Morgan fingerprint density at radius 3 is 2.92 bits per heavy atom. The van der Waals surface area contributed by atoms with Gasteiger partial charge in [-0.2, -0.15) is 0 Å². The molecule has 0 aliphatic carbocycles. The highest BCUT2D eigenvalue weighted by Gasteiger charge is 2.20. The topological polar surface area (TPSA) is 99.9 Å². The first-order valence-electron chi connectivity index (χ1n) is 7.62. The minimum atomic E-state index is -0.577. The molecule has 1 aliphatic heterocycles. The van der Waals surface area contributed by atoms with E-state index in [1.54, 1.807) is 0 Å². The zero-order valence-electron chi connectivity index (χ0n) is 13.8. The summed E-state index contributed by atoms with van der Waals surface area (Å²) >= 11 is 0. The summed E-state index contributed by atoms with van der Waals surface area (Å²) in [5.74, 6) is -0.311. The van der Waals surface area contributed by atoms with E-state index < -0.39 is 16.6 Å². The van der Waals surface area contributed by atoms with E-state index >= 15 is 0 Å². The molecule has 0 radical (unpaired) electrons. The normalized spacial score (nSPS) is 12.7. The summed E-state index contributed by atoms with van der Waals surface area (Å²) in [6, 6.07) is 6.36. The zero-order chi connectivity index (χ0) is 18.7. The van der Waals surface area contributed by atoms with Crippen LogP contribution in [0.1, 0.15) is 11.1 Å². The Morgan fingerprint density at radius 1 is 1.38 bits per heavy atom. The molecule has 8 nitrogen and oxygen atoms in total. The second-order valence-electron chi connectivity index (χ2n) is 5.53. The maximum atomic E-state index is 13.8. The fourth-order valence-electron chi connectivity index (χ4n) is 2.66. The largest absolute Gasteiger partial charge is 0.495 e. The van der Waals surface area contributed by atoms with E-state index in [4.69, 9.17) is 14.2 Å². The standard InChI is InChI=1S/C17H15FN2O6/c1-24-15-3-2-13(20(22)23)7-14(15)19-16(21)6-10-4-12(18)5-11-8-25-9-26-17(10)11/h2-5,7H,6,8-9H2,1H3,(H,19,21). The second kappa shape index (κ2) is 7.36. The Morgan fingerprint density at radius 2 is 2.19 bits per heavy atom. The molecule has 9 heteroatoms. The lowest BCUT2D eigenvalue weighted by Crippen LogP contribution is -2.19. The van der Waals surface area contributed by atoms with Crippen molar-refractivity contribution in [3.05, 3.63) is 57.4 Å². The van der Waals surface area contributed by atoms with Crippen molar-refractivity contribution in [2.24, 2.45) is 0 Å². The number of non-ortho nitro benzene ring substituents is 1. The van der Waals surface area contributed by atoms with Crippen molar-refractivity contribution in [3.8, 4) is 11.5 Å². The van der Waals surface area contributed by atoms with E-state index in [9.17, 15) is 19.3 Å². The van der Waals surface area contributed by atoms with Gasteiger partial charge in [-0.05, 0) is 18.2 Å². The molecule has 2 aromatic rings. The smallest absolute Gasteiger partial charge is 0.271 e. The van der Waals surface area contributed by atoms with Gasteiger partial charge in [0.25, 0.3) is 5.69 Å². The Balaban J connectivity index is 1.83. The number of hydrogen-bond donors (Lipinski definition) is 1. The molecule has 0 spiro atoms. The Kier molecular flexibility index (Phi) is 4.99. The molecule has 0 unspecified atom stereocenters. The number of rotatable bonds is 5. The van der Waals surface area contributed by atoms with E-state index in [1.165, 1.54) is 37.4 Å². The number of nitrogens with one attached hydrogen (secondary N) is 1. The first kappa shape index (κ1) is 17.6. The molecular formula is C17H15FN2O6. The third-order valence-corrected chi connectivity index (χ3v) is 3.77. The molecule has 1 N–H and O–H groups in total. The number of anilines is 1. The number of nitro benzene ring substituents is 1. The predicted octanol–water partition coefficient (Wildman–Crippen LogP) is 2.79. The van der Waals surface area contributed by atoms with Crippen LogP contribution in [-0.4, -0.2) is 24.7 Å². The summed E-state index contributed by atoms with van der Waals surface area (Å²) in [6.45, 7) is 0.215. The van der Waals surface area contributed by atoms with Crippen molar-refractivity contribution in [3.63, 3.8) is 0 Å². The number of amides is 1. The average molecular weight is 362 g/mol. The second-order valence-corrected chi connectivity index (χ2v) is 5.53. The molecule has 0 saturated heterocycles. The molecule has 1 aliphatic rings. The Bertz CT molecular complexity index is 871. The molecule has 0 saturated carbocycles. The Hall–Kier alpha value is -3.20. The van der Waals surface area contributed by atoms with E-state index in [0.29, 0.717) is 16.9 Å². The van der Waals surface area contributed by atoms with Crippen molar-refractivity contribution in [1.29, 1.82) is 0 Å².